The zero-order valence-electron chi connectivity index (χ0n) is 13.4. The van der Waals surface area contributed by atoms with Gasteiger partial charge in [-0.3, -0.25) is 4.79 Å². The van der Waals surface area contributed by atoms with E-state index >= 15 is 0 Å². The van der Waals surface area contributed by atoms with Crippen LogP contribution in [0.1, 0.15) is 54.6 Å². The third-order valence-electron chi connectivity index (χ3n) is 4.48. The molecule has 0 spiro atoms. The molecule has 1 heterocycles. The molecule has 1 atom stereocenters. The summed E-state index contributed by atoms with van der Waals surface area (Å²) in [6.45, 7) is 6.48. The number of carbonyl (C=O) groups excluding carboxylic acids is 1. The van der Waals surface area contributed by atoms with Gasteiger partial charge >= 0.3 is 0 Å². The van der Waals surface area contributed by atoms with Gasteiger partial charge < -0.3 is 10.6 Å². The topological polar surface area (TPSA) is 41.1 Å². The van der Waals surface area contributed by atoms with Crippen LogP contribution in [0.15, 0.2) is 36.4 Å². The fraction of sp³-hybridized carbons (Fsp3) is 0.316. The minimum atomic E-state index is -0.0457. The SMILES string of the molecule is CCc1ccc2c(c1)Nc1ccc(C(C)CC)cc1C(=O)N2. The molecular formula is C19H22N2O. The lowest BCUT2D eigenvalue weighted by atomic mass is 9.96. The van der Waals surface area contributed by atoms with Gasteiger partial charge in [-0.1, -0.05) is 32.9 Å². The third kappa shape index (κ3) is 2.59. The Kier molecular flexibility index (Phi) is 3.88. The maximum absolute atomic E-state index is 12.5. The van der Waals surface area contributed by atoms with Gasteiger partial charge in [-0.2, -0.15) is 0 Å². The summed E-state index contributed by atoms with van der Waals surface area (Å²) in [6, 6.07) is 12.3. The Bertz CT molecular complexity index is 721. The van der Waals surface area contributed by atoms with E-state index in [9.17, 15) is 4.79 Å². The van der Waals surface area contributed by atoms with Crippen molar-refractivity contribution >= 4 is 23.0 Å². The Labute approximate surface area is 131 Å². The molecule has 0 saturated carbocycles. The Morgan fingerprint density at radius 1 is 0.955 bits per heavy atom. The van der Waals surface area contributed by atoms with Crippen LogP contribution in [-0.4, -0.2) is 5.91 Å². The average molecular weight is 294 g/mol. The summed E-state index contributed by atoms with van der Waals surface area (Å²) in [7, 11) is 0. The van der Waals surface area contributed by atoms with Gasteiger partial charge in [0.05, 0.1) is 22.6 Å². The number of rotatable bonds is 3. The van der Waals surface area contributed by atoms with Crippen molar-refractivity contribution in [3.63, 3.8) is 0 Å². The van der Waals surface area contributed by atoms with Gasteiger partial charge in [0.15, 0.2) is 0 Å². The third-order valence-corrected chi connectivity index (χ3v) is 4.48. The highest BCUT2D eigenvalue weighted by Crippen LogP contribution is 2.34. The number of hydrogen-bond donors (Lipinski definition) is 2. The molecule has 2 aromatic carbocycles. The zero-order valence-corrected chi connectivity index (χ0v) is 13.4. The van der Waals surface area contributed by atoms with Crippen LogP contribution in [0.3, 0.4) is 0 Å². The van der Waals surface area contributed by atoms with E-state index in [0.717, 1.165) is 29.9 Å². The first kappa shape index (κ1) is 14.6. The normalized spacial score (nSPS) is 14.2. The summed E-state index contributed by atoms with van der Waals surface area (Å²) in [6.07, 6.45) is 2.04. The lowest BCUT2D eigenvalue weighted by Crippen LogP contribution is -2.11. The summed E-state index contributed by atoms with van der Waals surface area (Å²) in [5.74, 6) is 0.408. The van der Waals surface area contributed by atoms with Crippen molar-refractivity contribution in [3.8, 4) is 0 Å². The van der Waals surface area contributed by atoms with E-state index in [1.165, 1.54) is 11.1 Å². The first-order valence-corrected chi connectivity index (χ1v) is 7.97. The molecule has 0 saturated heterocycles. The van der Waals surface area contributed by atoms with Crippen LogP contribution in [0.4, 0.5) is 17.1 Å². The van der Waals surface area contributed by atoms with Crippen molar-refractivity contribution in [2.75, 3.05) is 10.6 Å². The van der Waals surface area contributed by atoms with Crippen LogP contribution in [0.5, 0.6) is 0 Å². The Hall–Kier alpha value is -2.29. The first-order valence-electron chi connectivity index (χ1n) is 7.97. The zero-order chi connectivity index (χ0) is 15.7. The van der Waals surface area contributed by atoms with Crippen molar-refractivity contribution in [2.45, 2.75) is 39.5 Å². The molecule has 114 valence electrons. The smallest absolute Gasteiger partial charge is 0.257 e. The van der Waals surface area contributed by atoms with E-state index in [4.69, 9.17) is 0 Å². The molecule has 2 N–H and O–H groups in total. The van der Waals surface area contributed by atoms with Gasteiger partial charge in [-0.05, 0) is 54.2 Å². The number of fused-ring (bicyclic) bond motifs is 2. The van der Waals surface area contributed by atoms with Crippen LogP contribution < -0.4 is 10.6 Å². The highest BCUT2D eigenvalue weighted by molar-refractivity contribution is 6.12. The second-order valence-corrected chi connectivity index (χ2v) is 5.93. The molecule has 22 heavy (non-hydrogen) atoms. The van der Waals surface area contributed by atoms with E-state index < -0.39 is 0 Å². The van der Waals surface area contributed by atoms with E-state index in [1.807, 2.05) is 18.2 Å². The molecule has 2 aromatic rings. The van der Waals surface area contributed by atoms with Crippen LogP contribution in [0, 0.1) is 0 Å². The fourth-order valence-electron chi connectivity index (χ4n) is 2.76. The predicted octanol–water partition coefficient (Wildman–Crippen LogP) is 5.07. The summed E-state index contributed by atoms with van der Waals surface area (Å²) < 4.78 is 0. The van der Waals surface area contributed by atoms with Crippen molar-refractivity contribution in [1.29, 1.82) is 0 Å². The molecule has 0 aliphatic carbocycles. The van der Waals surface area contributed by atoms with Crippen molar-refractivity contribution in [3.05, 3.63) is 53.1 Å². The molecule has 0 bridgehead atoms. The summed E-state index contributed by atoms with van der Waals surface area (Å²) >= 11 is 0. The van der Waals surface area contributed by atoms with Crippen molar-refractivity contribution < 1.29 is 4.79 Å². The number of hydrogen-bond acceptors (Lipinski definition) is 2. The van der Waals surface area contributed by atoms with Crippen LogP contribution >= 0.6 is 0 Å². The largest absolute Gasteiger partial charge is 0.353 e. The molecule has 1 amide bonds. The first-order chi connectivity index (χ1) is 10.6. The number of carbonyl (C=O) groups is 1. The van der Waals surface area contributed by atoms with E-state index in [1.54, 1.807) is 0 Å². The van der Waals surface area contributed by atoms with Gasteiger partial charge in [0.1, 0.15) is 0 Å². The van der Waals surface area contributed by atoms with Gasteiger partial charge in [0, 0.05) is 0 Å². The number of nitrogens with one attached hydrogen (secondary N) is 2. The molecular weight excluding hydrogens is 272 g/mol. The maximum atomic E-state index is 12.5. The second-order valence-electron chi connectivity index (χ2n) is 5.93. The highest BCUT2D eigenvalue weighted by Gasteiger charge is 2.20. The Morgan fingerprint density at radius 3 is 2.45 bits per heavy atom. The van der Waals surface area contributed by atoms with Gasteiger partial charge in [-0.15, -0.1) is 0 Å². The molecule has 1 aliphatic heterocycles. The van der Waals surface area contributed by atoms with Gasteiger partial charge in [-0.25, -0.2) is 0 Å². The molecule has 1 aliphatic rings. The number of aryl methyl sites for hydroxylation is 1. The average Bonchev–Trinajstić information content (AvgIpc) is 2.68. The van der Waals surface area contributed by atoms with Gasteiger partial charge in [0.2, 0.25) is 0 Å². The molecule has 3 rings (SSSR count). The van der Waals surface area contributed by atoms with Gasteiger partial charge in [0.25, 0.3) is 5.91 Å². The van der Waals surface area contributed by atoms with Crippen molar-refractivity contribution in [2.24, 2.45) is 0 Å². The monoisotopic (exact) mass is 294 g/mol. The van der Waals surface area contributed by atoms with E-state index in [-0.39, 0.29) is 5.91 Å². The number of anilines is 3. The van der Waals surface area contributed by atoms with Crippen molar-refractivity contribution in [1.82, 2.24) is 0 Å². The minimum Gasteiger partial charge on any atom is -0.353 e. The van der Waals surface area contributed by atoms with Crippen LogP contribution in [0.2, 0.25) is 0 Å². The summed E-state index contributed by atoms with van der Waals surface area (Å²) in [5.41, 5.74) is 5.84. The summed E-state index contributed by atoms with van der Waals surface area (Å²) in [4.78, 5) is 12.5. The standard InChI is InChI=1S/C19H22N2O/c1-4-12(3)14-7-9-16-15(11-14)19(22)21-17-8-6-13(5-2)10-18(17)20-16/h6-12,20H,4-5H2,1-3H3,(H,21,22). The highest BCUT2D eigenvalue weighted by atomic mass is 16.1. The quantitative estimate of drug-likeness (QED) is 0.829. The molecule has 3 heteroatoms. The maximum Gasteiger partial charge on any atom is 0.257 e. The molecule has 0 fully saturated rings. The Morgan fingerprint density at radius 2 is 1.73 bits per heavy atom. The van der Waals surface area contributed by atoms with E-state index in [0.29, 0.717) is 11.5 Å². The number of amides is 1. The molecule has 0 aromatic heterocycles. The second kappa shape index (κ2) is 5.84. The Balaban J connectivity index is 2.05. The minimum absolute atomic E-state index is 0.0457. The molecule has 0 radical (unpaired) electrons. The van der Waals surface area contributed by atoms with E-state index in [2.05, 4.69) is 49.6 Å². The summed E-state index contributed by atoms with van der Waals surface area (Å²) in [5, 5.41) is 6.42. The number of benzene rings is 2. The lowest BCUT2D eigenvalue weighted by molar-refractivity contribution is 0.102. The fourth-order valence-corrected chi connectivity index (χ4v) is 2.76. The molecule has 3 nitrogen and oxygen atoms in total. The lowest BCUT2D eigenvalue weighted by Gasteiger charge is -2.13. The molecule has 1 unspecified atom stereocenters. The predicted molar refractivity (Wildman–Crippen MR) is 92.2 cm³/mol. The van der Waals surface area contributed by atoms with Crippen LogP contribution in [-0.2, 0) is 6.42 Å². The van der Waals surface area contributed by atoms with Crippen LogP contribution in [0.25, 0.3) is 0 Å².